The number of para-hydroxylation sites is 1. The highest BCUT2D eigenvalue weighted by molar-refractivity contribution is 5.77. The average Bonchev–Trinajstić information content (AvgIpc) is 2.42. The summed E-state index contributed by atoms with van der Waals surface area (Å²) >= 11 is 0. The molecule has 0 unspecified atom stereocenters. The maximum atomic E-state index is 13.6. The second-order valence-electron chi connectivity index (χ2n) is 4.70. The first kappa shape index (κ1) is 12.0. The van der Waals surface area contributed by atoms with Gasteiger partial charge in [-0.15, -0.1) is 0 Å². The minimum absolute atomic E-state index is 0.00176. The summed E-state index contributed by atoms with van der Waals surface area (Å²) in [7, 11) is 0. The third kappa shape index (κ3) is 2.03. The molecule has 19 heavy (non-hydrogen) atoms. The summed E-state index contributed by atoms with van der Waals surface area (Å²) in [6.45, 7) is 0.712. The number of anilines is 3. The van der Waals surface area contributed by atoms with Gasteiger partial charge < -0.3 is 10.6 Å². The van der Waals surface area contributed by atoms with E-state index in [1.807, 2.05) is 29.2 Å². The van der Waals surface area contributed by atoms with E-state index >= 15 is 0 Å². The van der Waals surface area contributed by atoms with Gasteiger partial charge in [0, 0.05) is 18.3 Å². The predicted molar refractivity (Wildman–Crippen MR) is 72.5 cm³/mol. The Bertz CT molecular complexity index is 626. The van der Waals surface area contributed by atoms with Gasteiger partial charge in [-0.05, 0) is 30.5 Å². The van der Waals surface area contributed by atoms with E-state index in [0.717, 1.165) is 24.6 Å². The van der Waals surface area contributed by atoms with Crippen LogP contribution in [-0.2, 0) is 6.42 Å². The molecule has 0 aromatic heterocycles. The minimum Gasteiger partial charge on any atom is -0.395 e. The van der Waals surface area contributed by atoms with Gasteiger partial charge in [-0.25, -0.2) is 8.78 Å². The zero-order chi connectivity index (χ0) is 13.4. The van der Waals surface area contributed by atoms with Gasteiger partial charge in [0.05, 0.1) is 11.4 Å². The molecule has 4 heteroatoms. The van der Waals surface area contributed by atoms with Crippen LogP contribution in [0.1, 0.15) is 12.0 Å². The molecule has 3 rings (SSSR count). The second-order valence-corrected chi connectivity index (χ2v) is 4.70. The highest BCUT2D eigenvalue weighted by atomic mass is 19.1. The van der Waals surface area contributed by atoms with Crippen LogP contribution in [0, 0.1) is 11.6 Å². The molecule has 0 atom stereocenters. The van der Waals surface area contributed by atoms with Gasteiger partial charge in [0.15, 0.2) is 5.82 Å². The van der Waals surface area contributed by atoms with Crippen LogP contribution in [-0.4, -0.2) is 6.54 Å². The second kappa shape index (κ2) is 4.53. The molecule has 2 aromatic rings. The molecule has 0 bridgehead atoms. The first-order valence-electron chi connectivity index (χ1n) is 6.27. The number of halogens is 2. The Labute approximate surface area is 110 Å². The van der Waals surface area contributed by atoms with Gasteiger partial charge in [0.2, 0.25) is 0 Å². The molecule has 1 aliphatic heterocycles. The molecular weight excluding hydrogens is 246 g/mol. The van der Waals surface area contributed by atoms with E-state index in [1.165, 1.54) is 11.6 Å². The van der Waals surface area contributed by atoms with Gasteiger partial charge in [-0.2, -0.15) is 0 Å². The molecule has 98 valence electrons. The zero-order valence-electron chi connectivity index (χ0n) is 10.4. The lowest BCUT2D eigenvalue weighted by Crippen LogP contribution is -2.25. The third-order valence-electron chi connectivity index (χ3n) is 3.47. The summed E-state index contributed by atoms with van der Waals surface area (Å²) in [4.78, 5) is 1.89. The number of hydrogen-bond acceptors (Lipinski definition) is 2. The number of rotatable bonds is 1. The molecule has 0 aliphatic carbocycles. The molecule has 2 N–H and O–H groups in total. The highest BCUT2D eigenvalue weighted by Gasteiger charge is 2.21. The molecule has 0 radical (unpaired) electrons. The molecule has 0 spiro atoms. The van der Waals surface area contributed by atoms with Crippen molar-refractivity contribution < 1.29 is 8.78 Å². The van der Waals surface area contributed by atoms with E-state index in [1.54, 1.807) is 0 Å². The average molecular weight is 260 g/mol. The Morgan fingerprint density at radius 2 is 1.84 bits per heavy atom. The smallest absolute Gasteiger partial charge is 0.151 e. The van der Waals surface area contributed by atoms with E-state index < -0.39 is 11.6 Å². The first-order chi connectivity index (χ1) is 9.16. The minimum atomic E-state index is -0.710. The van der Waals surface area contributed by atoms with E-state index in [-0.39, 0.29) is 5.69 Å². The number of nitrogens with zero attached hydrogens (tertiary/aromatic N) is 1. The van der Waals surface area contributed by atoms with E-state index in [2.05, 4.69) is 0 Å². The lowest BCUT2D eigenvalue weighted by Gasteiger charge is -2.32. The largest absolute Gasteiger partial charge is 0.395 e. The van der Waals surface area contributed by atoms with Crippen molar-refractivity contribution in [3.8, 4) is 0 Å². The first-order valence-corrected chi connectivity index (χ1v) is 6.27. The van der Waals surface area contributed by atoms with Crippen molar-refractivity contribution >= 4 is 17.1 Å². The SMILES string of the molecule is Nc1c(F)cc(F)cc1N1CCCc2ccccc21. The van der Waals surface area contributed by atoms with Crippen LogP contribution < -0.4 is 10.6 Å². The van der Waals surface area contributed by atoms with Crippen molar-refractivity contribution in [3.63, 3.8) is 0 Å². The summed E-state index contributed by atoms with van der Waals surface area (Å²) in [6.07, 6.45) is 1.92. The lowest BCUT2D eigenvalue weighted by atomic mass is 10.0. The Morgan fingerprint density at radius 3 is 2.68 bits per heavy atom. The van der Waals surface area contributed by atoms with Crippen LogP contribution >= 0.6 is 0 Å². The maximum Gasteiger partial charge on any atom is 0.151 e. The third-order valence-corrected chi connectivity index (χ3v) is 3.47. The molecule has 0 fully saturated rings. The van der Waals surface area contributed by atoms with Crippen LogP contribution in [0.3, 0.4) is 0 Å². The molecule has 0 amide bonds. The van der Waals surface area contributed by atoms with Crippen molar-refractivity contribution in [2.24, 2.45) is 0 Å². The number of aryl methyl sites for hydroxylation is 1. The highest BCUT2D eigenvalue weighted by Crippen LogP contribution is 2.37. The fourth-order valence-corrected chi connectivity index (χ4v) is 2.58. The van der Waals surface area contributed by atoms with Gasteiger partial charge >= 0.3 is 0 Å². The normalized spacial score (nSPS) is 14.3. The summed E-state index contributed by atoms with van der Waals surface area (Å²) in [5.41, 5.74) is 8.32. The fourth-order valence-electron chi connectivity index (χ4n) is 2.58. The van der Waals surface area contributed by atoms with Crippen LogP contribution in [0.25, 0.3) is 0 Å². The molecular formula is C15H14F2N2. The monoisotopic (exact) mass is 260 g/mol. The molecule has 2 nitrogen and oxygen atoms in total. The van der Waals surface area contributed by atoms with Crippen LogP contribution in [0.4, 0.5) is 25.8 Å². The molecule has 1 aliphatic rings. The van der Waals surface area contributed by atoms with E-state index in [9.17, 15) is 8.78 Å². The van der Waals surface area contributed by atoms with Gasteiger partial charge in [-0.3, -0.25) is 0 Å². The summed E-state index contributed by atoms with van der Waals surface area (Å²) < 4.78 is 27.0. The number of fused-ring (bicyclic) bond motifs is 1. The number of hydrogen-bond donors (Lipinski definition) is 1. The van der Waals surface area contributed by atoms with Crippen molar-refractivity contribution in [1.29, 1.82) is 0 Å². The number of benzene rings is 2. The molecule has 1 heterocycles. The van der Waals surface area contributed by atoms with Crippen molar-refractivity contribution in [2.75, 3.05) is 17.2 Å². The van der Waals surface area contributed by atoms with E-state index in [0.29, 0.717) is 12.2 Å². The van der Waals surface area contributed by atoms with Crippen LogP contribution in [0.15, 0.2) is 36.4 Å². The quantitative estimate of drug-likeness (QED) is 0.793. The summed E-state index contributed by atoms with van der Waals surface area (Å²) in [6, 6.07) is 9.99. The van der Waals surface area contributed by atoms with Crippen molar-refractivity contribution in [2.45, 2.75) is 12.8 Å². The van der Waals surface area contributed by atoms with E-state index in [4.69, 9.17) is 5.73 Å². The topological polar surface area (TPSA) is 29.3 Å². The molecule has 2 aromatic carbocycles. The Morgan fingerprint density at radius 1 is 1.05 bits per heavy atom. The van der Waals surface area contributed by atoms with Crippen molar-refractivity contribution in [1.82, 2.24) is 0 Å². The number of nitrogens with two attached hydrogens (primary N) is 1. The Balaban J connectivity index is 2.14. The van der Waals surface area contributed by atoms with Gasteiger partial charge in [0.25, 0.3) is 0 Å². The summed E-state index contributed by atoms with van der Waals surface area (Å²) in [5.74, 6) is -1.32. The summed E-state index contributed by atoms with van der Waals surface area (Å²) in [5, 5.41) is 0. The Hall–Kier alpha value is -2.10. The maximum absolute atomic E-state index is 13.6. The molecule has 0 saturated heterocycles. The van der Waals surface area contributed by atoms with Gasteiger partial charge in [-0.1, -0.05) is 18.2 Å². The lowest BCUT2D eigenvalue weighted by molar-refractivity contribution is 0.585. The van der Waals surface area contributed by atoms with Crippen LogP contribution in [0.2, 0.25) is 0 Å². The Kier molecular flexibility index (Phi) is 2.85. The predicted octanol–water partition coefficient (Wildman–Crippen LogP) is 3.63. The number of nitrogen functional groups attached to an aromatic ring is 1. The molecule has 0 saturated carbocycles. The fraction of sp³-hybridized carbons (Fsp3) is 0.200. The van der Waals surface area contributed by atoms with Crippen molar-refractivity contribution in [3.05, 3.63) is 53.6 Å². The van der Waals surface area contributed by atoms with Crippen LogP contribution in [0.5, 0.6) is 0 Å². The van der Waals surface area contributed by atoms with Gasteiger partial charge in [0.1, 0.15) is 5.82 Å². The zero-order valence-corrected chi connectivity index (χ0v) is 10.4. The standard InChI is InChI=1S/C15H14F2N2/c16-11-8-12(17)15(18)14(9-11)19-7-3-5-10-4-1-2-6-13(10)19/h1-2,4,6,8-9H,3,5,7,18H2.